The molecule has 3 aromatic carbocycles. The van der Waals surface area contributed by atoms with E-state index in [1.807, 2.05) is 87.7 Å². The fraction of sp³-hybridized carbons (Fsp3) is 0.276. The maximum Gasteiger partial charge on any atom is 0.162 e. The maximum atomic E-state index is 6.03. The summed E-state index contributed by atoms with van der Waals surface area (Å²) in [6.07, 6.45) is 2.45. The van der Waals surface area contributed by atoms with Crippen molar-refractivity contribution in [2.45, 2.75) is 20.0 Å². The molecule has 8 nitrogen and oxygen atoms in total. The minimum Gasteiger partial charge on any atom is -0.493 e. The van der Waals surface area contributed by atoms with Gasteiger partial charge in [-0.05, 0) is 56.8 Å². The third kappa shape index (κ3) is 7.17. The number of nitrogens with one attached hydrogen (secondary N) is 1. The zero-order valence-electron chi connectivity index (χ0n) is 21.8. The number of aromatic nitrogens is 2. The Bertz CT molecular complexity index is 1320. The van der Waals surface area contributed by atoms with Crippen molar-refractivity contribution in [3.8, 4) is 11.5 Å². The van der Waals surface area contributed by atoms with Gasteiger partial charge in [0.2, 0.25) is 0 Å². The summed E-state index contributed by atoms with van der Waals surface area (Å²) in [6, 6.07) is 21.8. The standard InChI is InChI=1S/C29H33N5O3/c1-21(33-37-19-22-9-6-5-7-10-22)23-11-13-24(14-12-23)32-29-25-17-28(36-16-8-15-34(2)3)27(35-4)18-26(25)30-20-31-29/h5-7,9-14,17-18,20H,8,15-16,19H2,1-4H3,(H,30,31,32). The maximum absolute atomic E-state index is 6.03. The molecule has 4 aromatic rings. The van der Waals surface area contributed by atoms with Crippen LogP contribution in [-0.4, -0.2) is 54.9 Å². The number of rotatable bonds is 12. The molecular weight excluding hydrogens is 466 g/mol. The number of benzene rings is 3. The van der Waals surface area contributed by atoms with Crippen LogP contribution in [0, 0.1) is 0 Å². The van der Waals surface area contributed by atoms with Crippen molar-refractivity contribution < 1.29 is 14.3 Å². The molecule has 4 rings (SSSR count). The van der Waals surface area contributed by atoms with Crippen LogP contribution in [0.15, 0.2) is 78.2 Å². The summed E-state index contributed by atoms with van der Waals surface area (Å²) in [4.78, 5) is 16.5. The summed E-state index contributed by atoms with van der Waals surface area (Å²) in [5.41, 5.74) is 4.52. The van der Waals surface area contributed by atoms with E-state index in [1.54, 1.807) is 7.11 Å². The number of nitrogens with zero attached hydrogens (tertiary/aromatic N) is 4. The van der Waals surface area contributed by atoms with E-state index >= 15 is 0 Å². The number of methoxy groups -OCH3 is 1. The zero-order valence-corrected chi connectivity index (χ0v) is 21.8. The smallest absolute Gasteiger partial charge is 0.162 e. The van der Waals surface area contributed by atoms with E-state index in [2.05, 4.69) is 25.3 Å². The van der Waals surface area contributed by atoms with Crippen molar-refractivity contribution >= 4 is 28.1 Å². The van der Waals surface area contributed by atoms with Crippen LogP contribution in [0.3, 0.4) is 0 Å². The molecule has 0 bridgehead atoms. The predicted octanol–water partition coefficient (Wildman–Crippen LogP) is 5.65. The number of anilines is 2. The quantitative estimate of drug-likeness (QED) is 0.153. The molecular formula is C29H33N5O3. The Morgan fingerprint density at radius 3 is 2.49 bits per heavy atom. The van der Waals surface area contributed by atoms with Crippen LogP contribution in [0.1, 0.15) is 24.5 Å². The van der Waals surface area contributed by atoms with Gasteiger partial charge in [0.05, 0.1) is 24.9 Å². The highest BCUT2D eigenvalue weighted by atomic mass is 16.6. The largest absolute Gasteiger partial charge is 0.493 e. The number of hydrogen-bond acceptors (Lipinski definition) is 8. The van der Waals surface area contributed by atoms with Crippen molar-refractivity contribution in [3.05, 3.63) is 84.2 Å². The lowest BCUT2D eigenvalue weighted by Gasteiger charge is -2.15. The average Bonchev–Trinajstić information content (AvgIpc) is 2.91. The SMILES string of the molecule is COc1cc2ncnc(Nc3ccc(C(C)=NOCc4ccccc4)cc3)c2cc1OCCCN(C)C. The summed E-state index contributed by atoms with van der Waals surface area (Å²) in [5, 5.41) is 8.51. The first kappa shape index (κ1) is 25.9. The van der Waals surface area contributed by atoms with E-state index in [0.717, 1.165) is 46.4 Å². The molecule has 0 aliphatic heterocycles. The van der Waals surface area contributed by atoms with Gasteiger partial charge in [0.15, 0.2) is 11.5 Å². The Balaban J connectivity index is 1.46. The van der Waals surface area contributed by atoms with E-state index in [-0.39, 0.29) is 0 Å². The molecule has 37 heavy (non-hydrogen) atoms. The van der Waals surface area contributed by atoms with Gasteiger partial charge in [-0.2, -0.15) is 0 Å². The van der Waals surface area contributed by atoms with Crippen LogP contribution in [-0.2, 0) is 11.4 Å². The molecule has 8 heteroatoms. The van der Waals surface area contributed by atoms with E-state index in [9.17, 15) is 0 Å². The first-order chi connectivity index (χ1) is 18.0. The number of oxime groups is 1. The molecule has 0 aliphatic rings. The Morgan fingerprint density at radius 1 is 0.973 bits per heavy atom. The molecule has 0 aliphatic carbocycles. The highest BCUT2D eigenvalue weighted by Gasteiger charge is 2.12. The number of ether oxygens (including phenoxy) is 2. The molecule has 0 unspecified atom stereocenters. The molecule has 192 valence electrons. The molecule has 0 fully saturated rings. The van der Waals surface area contributed by atoms with Crippen molar-refractivity contribution in [1.82, 2.24) is 14.9 Å². The lowest BCUT2D eigenvalue weighted by atomic mass is 10.1. The van der Waals surface area contributed by atoms with Gasteiger partial charge in [0, 0.05) is 23.7 Å². The first-order valence-corrected chi connectivity index (χ1v) is 12.2. The summed E-state index contributed by atoms with van der Waals surface area (Å²) in [7, 11) is 5.73. The van der Waals surface area contributed by atoms with Gasteiger partial charge in [-0.1, -0.05) is 47.6 Å². The third-order valence-corrected chi connectivity index (χ3v) is 5.77. The fourth-order valence-electron chi connectivity index (χ4n) is 3.76. The van der Waals surface area contributed by atoms with Crippen LogP contribution in [0.25, 0.3) is 10.9 Å². The molecule has 1 heterocycles. The summed E-state index contributed by atoms with van der Waals surface area (Å²) >= 11 is 0. The Hall–Kier alpha value is -4.17. The second kappa shape index (κ2) is 12.7. The van der Waals surface area contributed by atoms with Crippen LogP contribution < -0.4 is 14.8 Å². The van der Waals surface area contributed by atoms with Gasteiger partial charge in [0.1, 0.15) is 18.8 Å². The molecule has 0 spiro atoms. The summed E-state index contributed by atoms with van der Waals surface area (Å²) in [5.74, 6) is 2.01. The van der Waals surface area contributed by atoms with Crippen molar-refractivity contribution in [2.75, 3.05) is 39.7 Å². The Labute approximate surface area is 217 Å². The van der Waals surface area contributed by atoms with Crippen molar-refractivity contribution in [2.24, 2.45) is 5.16 Å². The van der Waals surface area contributed by atoms with Gasteiger partial charge in [-0.3, -0.25) is 0 Å². The van der Waals surface area contributed by atoms with E-state index < -0.39 is 0 Å². The monoisotopic (exact) mass is 499 g/mol. The van der Waals surface area contributed by atoms with Gasteiger partial charge in [0.25, 0.3) is 0 Å². The Kier molecular flexibility index (Phi) is 8.89. The lowest BCUT2D eigenvalue weighted by molar-refractivity contribution is 0.130. The van der Waals surface area contributed by atoms with Gasteiger partial charge < -0.3 is 24.5 Å². The van der Waals surface area contributed by atoms with Crippen LogP contribution in [0.4, 0.5) is 11.5 Å². The topological polar surface area (TPSA) is 81.1 Å². The second-order valence-corrected chi connectivity index (χ2v) is 8.89. The minimum atomic E-state index is 0.435. The highest BCUT2D eigenvalue weighted by Crippen LogP contribution is 2.34. The lowest BCUT2D eigenvalue weighted by Crippen LogP contribution is -2.15. The average molecular weight is 500 g/mol. The Morgan fingerprint density at radius 2 is 1.76 bits per heavy atom. The van der Waals surface area contributed by atoms with E-state index in [0.29, 0.717) is 30.5 Å². The van der Waals surface area contributed by atoms with Gasteiger partial charge in [-0.15, -0.1) is 0 Å². The van der Waals surface area contributed by atoms with Crippen LogP contribution in [0.5, 0.6) is 11.5 Å². The normalized spacial score (nSPS) is 11.5. The molecule has 0 amide bonds. The first-order valence-electron chi connectivity index (χ1n) is 12.2. The second-order valence-electron chi connectivity index (χ2n) is 8.89. The molecule has 0 radical (unpaired) electrons. The van der Waals surface area contributed by atoms with E-state index in [4.69, 9.17) is 14.3 Å². The van der Waals surface area contributed by atoms with Crippen LogP contribution >= 0.6 is 0 Å². The third-order valence-electron chi connectivity index (χ3n) is 5.77. The fourth-order valence-corrected chi connectivity index (χ4v) is 3.76. The zero-order chi connectivity index (χ0) is 26.0. The van der Waals surface area contributed by atoms with Gasteiger partial charge >= 0.3 is 0 Å². The number of fused-ring (bicyclic) bond motifs is 1. The number of hydrogen-bond donors (Lipinski definition) is 1. The molecule has 0 atom stereocenters. The molecule has 0 saturated carbocycles. The minimum absolute atomic E-state index is 0.435. The molecule has 1 aromatic heterocycles. The molecule has 0 saturated heterocycles. The van der Waals surface area contributed by atoms with Crippen molar-refractivity contribution in [3.63, 3.8) is 0 Å². The summed E-state index contributed by atoms with van der Waals surface area (Å²) in [6.45, 7) is 3.91. The van der Waals surface area contributed by atoms with E-state index in [1.165, 1.54) is 6.33 Å². The van der Waals surface area contributed by atoms with Gasteiger partial charge in [-0.25, -0.2) is 9.97 Å². The summed E-state index contributed by atoms with van der Waals surface area (Å²) < 4.78 is 11.6. The van der Waals surface area contributed by atoms with Crippen molar-refractivity contribution in [1.29, 1.82) is 0 Å². The van der Waals surface area contributed by atoms with Crippen LogP contribution in [0.2, 0.25) is 0 Å². The predicted molar refractivity (Wildman–Crippen MR) is 148 cm³/mol. The highest BCUT2D eigenvalue weighted by molar-refractivity contribution is 5.99. The molecule has 1 N–H and O–H groups in total.